The second-order valence-corrected chi connectivity index (χ2v) is 5.81. The van der Waals surface area contributed by atoms with Crippen molar-refractivity contribution in [1.29, 1.82) is 0 Å². The number of hydrogen-bond donors (Lipinski definition) is 1. The van der Waals surface area contributed by atoms with Gasteiger partial charge in [-0.2, -0.15) is 0 Å². The maximum atomic E-state index is 12.5. The second kappa shape index (κ2) is 4.39. The summed E-state index contributed by atoms with van der Waals surface area (Å²) >= 11 is 0. The highest BCUT2D eigenvalue weighted by molar-refractivity contribution is 6.01. The Morgan fingerprint density at radius 3 is 2.67 bits per heavy atom. The zero-order chi connectivity index (χ0) is 13.5. The number of hydrogen-bond acceptors (Lipinski definition) is 2. The van der Waals surface area contributed by atoms with E-state index in [-0.39, 0.29) is 5.91 Å². The van der Waals surface area contributed by atoms with Crippen LogP contribution in [0.3, 0.4) is 0 Å². The Morgan fingerprint density at radius 2 is 2.00 bits per heavy atom. The fraction of sp³-hybridized carbons (Fsp3) is 0.533. The summed E-state index contributed by atoms with van der Waals surface area (Å²) < 4.78 is 0. The average molecular weight is 246 g/mol. The number of anilines is 1. The molecule has 0 bridgehead atoms. The monoisotopic (exact) mass is 246 g/mol. The fourth-order valence-electron chi connectivity index (χ4n) is 2.65. The van der Waals surface area contributed by atoms with Gasteiger partial charge in [-0.15, -0.1) is 0 Å². The summed E-state index contributed by atoms with van der Waals surface area (Å²) in [5.41, 5.74) is 2.97. The summed E-state index contributed by atoms with van der Waals surface area (Å²) in [7, 11) is 0. The molecule has 3 heteroatoms. The highest BCUT2D eigenvalue weighted by atomic mass is 16.2. The molecule has 1 amide bonds. The van der Waals surface area contributed by atoms with Crippen LogP contribution >= 0.6 is 0 Å². The van der Waals surface area contributed by atoms with Crippen molar-refractivity contribution in [2.45, 2.75) is 46.2 Å². The Balaban J connectivity index is 2.43. The Bertz CT molecular complexity index is 479. The molecule has 1 unspecified atom stereocenters. The first-order valence-corrected chi connectivity index (χ1v) is 6.49. The molecule has 0 radical (unpaired) electrons. The minimum Gasteiger partial charge on any atom is -0.309 e. The number of amides is 1. The maximum Gasteiger partial charge on any atom is 0.246 e. The lowest BCUT2D eigenvalue weighted by atomic mass is 9.96. The number of piperazine rings is 1. The van der Waals surface area contributed by atoms with Gasteiger partial charge in [0, 0.05) is 18.3 Å². The van der Waals surface area contributed by atoms with Gasteiger partial charge in [-0.25, -0.2) is 0 Å². The molecule has 0 aliphatic carbocycles. The highest BCUT2D eigenvalue weighted by Gasteiger charge is 2.39. The summed E-state index contributed by atoms with van der Waals surface area (Å²) in [6.07, 6.45) is 0. The van der Waals surface area contributed by atoms with Crippen LogP contribution in [0, 0.1) is 13.8 Å². The predicted octanol–water partition coefficient (Wildman–Crippen LogP) is 2.41. The Morgan fingerprint density at radius 1 is 1.33 bits per heavy atom. The van der Waals surface area contributed by atoms with Crippen LogP contribution in [-0.2, 0) is 4.79 Å². The van der Waals surface area contributed by atoms with E-state index in [2.05, 4.69) is 32.2 Å². The molecule has 1 N–H and O–H groups in total. The van der Waals surface area contributed by atoms with Gasteiger partial charge in [0.05, 0.1) is 5.54 Å². The number of benzene rings is 1. The lowest BCUT2D eigenvalue weighted by Gasteiger charge is -2.42. The molecule has 1 aromatic carbocycles. The van der Waals surface area contributed by atoms with Gasteiger partial charge in [0.1, 0.15) is 0 Å². The predicted molar refractivity (Wildman–Crippen MR) is 74.9 cm³/mol. The van der Waals surface area contributed by atoms with Gasteiger partial charge in [0.2, 0.25) is 5.91 Å². The summed E-state index contributed by atoms with van der Waals surface area (Å²) in [6.45, 7) is 10.9. The lowest BCUT2D eigenvalue weighted by Crippen LogP contribution is -2.65. The second-order valence-electron chi connectivity index (χ2n) is 5.81. The van der Waals surface area contributed by atoms with Gasteiger partial charge in [-0.3, -0.25) is 10.1 Å². The van der Waals surface area contributed by atoms with Gasteiger partial charge in [0.15, 0.2) is 0 Å². The standard InChI is InChI=1S/C15H22N2O/c1-10-7-6-8-13(12(10)3)17-9-11(2)16-15(4,5)14(17)18/h6-8,11,16H,9H2,1-5H3. The third kappa shape index (κ3) is 2.15. The molecule has 1 heterocycles. The average Bonchev–Trinajstić information content (AvgIpc) is 2.27. The van der Waals surface area contributed by atoms with Crippen molar-refractivity contribution in [3.63, 3.8) is 0 Å². The van der Waals surface area contributed by atoms with E-state index in [1.54, 1.807) is 0 Å². The number of aryl methyl sites for hydroxylation is 1. The topological polar surface area (TPSA) is 32.3 Å². The van der Waals surface area contributed by atoms with Crippen molar-refractivity contribution in [3.05, 3.63) is 29.3 Å². The molecule has 1 aromatic rings. The smallest absolute Gasteiger partial charge is 0.246 e. The molecule has 1 aliphatic rings. The van der Waals surface area contributed by atoms with Crippen LogP contribution in [0.5, 0.6) is 0 Å². The van der Waals surface area contributed by atoms with Crippen LogP contribution in [0.2, 0.25) is 0 Å². The van der Waals surface area contributed by atoms with Crippen molar-refractivity contribution in [1.82, 2.24) is 5.32 Å². The van der Waals surface area contributed by atoms with Gasteiger partial charge in [-0.05, 0) is 51.8 Å². The van der Waals surface area contributed by atoms with Crippen molar-refractivity contribution in [2.24, 2.45) is 0 Å². The summed E-state index contributed by atoms with van der Waals surface area (Å²) in [6, 6.07) is 6.44. The Hall–Kier alpha value is -1.35. The number of nitrogens with one attached hydrogen (secondary N) is 1. The number of nitrogens with zero attached hydrogens (tertiary/aromatic N) is 1. The number of rotatable bonds is 1. The third-order valence-corrected chi connectivity index (χ3v) is 3.71. The first kappa shape index (κ1) is 13.1. The van der Waals surface area contributed by atoms with E-state index in [4.69, 9.17) is 0 Å². The molecule has 1 fully saturated rings. The number of carbonyl (C=O) groups is 1. The highest BCUT2D eigenvalue weighted by Crippen LogP contribution is 2.27. The molecule has 1 atom stereocenters. The number of carbonyl (C=O) groups excluding carboxylic acids is 1. The van der Waals surface area contributed by atoms with E-state index in [1.165, 1.54) is 11.1 Å². The van der Waals surface area contributed by atoms with Crippen molar-refractivity contribution < 1.29 is 4.79 Å². The maximum absolute atomic E-state index is 12.5. The van der Waals surface area contributed by atoms with Crippen molar-refractivity contribution >= 4 is 11.6 Å². The van der Waals surface area contributed by atoms with E-state index in [1.807, 2.05) is 30.9 Å². The molecule has 98 valence electrons. The van der Waals surface area contributed by atoms with E-state index < -0.39 is 5.54 Å². The summed E-state index contributed by atoms with van der Waals surface area (Å²) in [5, 5.41) is 3.35. The van der Waals surface area contributed by atoms with Gasteiger partial charge < -0.3 is 4.90 Å². The van der Waals surface area contributed by atoms with Gasteiger partial charge >= 0.3 is 0 Å². The molecular weight excluding hydrogens is 224 g/mol. The van der Waals surface area contributed by atoms with Crippen molar-refractivity contribution in [3.8, 4) is 0 Å². The largest absolute Gasteiger partial charge is 0.309 e. The normalized spacial score (nSPS) is 23.3. The van der Waals surface area contributed by atoms with Crippen LogP contribution in [0.1, 0.15) is 31.9 Å². The fourth-order valence-corrected chi connectivity index (χ4v) is 2.65. The van der Waals surface area contributed by atoms with Crippen molar-refractivity contribution in [2.75, 3.05) is 11.4 Å². The van der Waals surface area contributed by atoms with Crippen LogP contribution in [-0.4, -0.2) is 24.0 Å². The quantitative estimate of drug-likeness (QED) is 0.825. The molecular formula is C15H22N2O. The van der Waals surface area contributed by atoms with E-state index in [0.717, 1.165) is 12.2 Å². The molecule has 1 aliphatic heterocycles. The van der Waals surface area contributed by atoms with Crippen LogP contribution < -0.4 is 10.2 Å². The van der Waals surface area contributed by atoms with Crippen LogP contribution in [0.4, 0.5) is 5.69 Å². The SMILES string of the molecule is Cc1cccc(N2CC(C)NC(C)(C)C2=O)c1C. The minimum absolute atomic E-state index is 0.148. The first-order chi connectivity index (χ1) is 8.33. The molecule has 0 spiro atoms. The zero-order valence-electron chi connectivity index (χ0n) is 11.9. The first-order valence-electron chi connectivity index (χ1n) is 6.49. The van der Waals surface area contributed by atoms with Gasteiger partial charge in [-0.1, -0.05) is 12.1 Å². The molecule has 3 nitrogen and oxygen atoms in total. The molecule has 1 saturated heterocycles. The molecule has 0 aromatic heterocycles. The third-order valence-electron chi connectivity index (χ3n) is 3.71. The summed E-state index contributed by atoms with van der Waals surface area (Å²) in [5.74, 6) is 0.148. The van der Waals surface area contributed by atoms with E-state index >= 15 is 0 Å². The molecule has 0 saturated carbocycles. The summed E-state index contributed by atoms with van der Waals surface area (Å²) in [4.78, 5) is 14.4. The lowest BCUT2D eigenvalue weighted by molar-refractivity contribution is -0.125. The zero-order valence-corrected chi connectivity index (χ0v) is 11.9. The molecule has 18 heavy (non-hydrogen) atoms. The Kier molecular flexibility index (Phi) is 3.20. The molecule has 2 rings (SSSR count). The minimum atomic E-state index is -0.492. The van der Waals surface area contributed by atoms with E-state index in [0.29, 0.717) is 6.04 Å². The van der Waals surface area contributed by atoms with E-state index in [9.17, 15) is 4.79 Å². The Labute approximate surface area is 109 Å². The van der Waals surface area contributed by atoms with Gasteiger partial charge in [0.25, 0.3) is 0 Å². The van der Waals surface area contributed by atoms with Crippen LogP contribution in [0.15, 0.2) is 18.2 Å². The van der Waals surface area contributed by atoms with Crippen LogP contribution in [0.25, 0.3) is 0 Å².